The van der Waals surface area contributed by atoms with Crippen LogP contribution in [0.2, 0.25) is 0 Å². The standard InChI is InChI=1S/C23H24N4O2.2ClH/c1-15-12-13-16(20(22(24)25)28-17-8-4-2-5-9-17)14-19(15)21(23(26)27)29-18-10-6-3-7-11-18;;/h2-14,20-21H,1H3,(H3,24,25)(H3,26,27);2*1H. The summed E-state index contributed by atoms with van der Waals surface area (Å²) in [4.78, 5) is 0. The van der Waals surface area contributed by atoms with Gasteiger partial charge in [-0.25, -0.2) is 0 Å². The van der Waals surface area contributed by atoms with Crippen LogP contribution in [-0.2, 0) is 0 Å². The fourth-order valence-electron chi connectivity index (χ4n) is 2.98. The predicted octanol–water partition coefficient (Wildman–Crippen LogP) is 4.95. The van der Waals surface area contributed by atoms with Gasteiger partial charge in [-0.15, -0.1) is 24.8 Å². The first-order valence-corrected chi connectivity index (χ1v) is 9.17. The highest BCUT2D eigenvalue weighted by molar-refractivity contribution is 5.86. The Bertz CT molecular complexity index is 1000. The van der Waals surface area contributed by atoms with Gasteiger partial charge in [0.05, 0.1) is 0 Å². The molecule has 3 aromatic rings. The summed E-state index contributed by atoms with van der Waals surface area (Å²) in [5.74, 6) is 0.990. The maximum atomic E-state index is 8.03. The second-order valence-electron chi connectivity index (χ2n) is 6.65. The van der Waals surface area contributed by atoms with E-state index in [4.69, 9.17) is 31.8 Å². The third kappa shape index (κ3) is 6.64. The molecule has 0 aliphatic heterocycles. The summed E-state index contributed by atoms with van der Waals surface area (Å²) in [5.41, 5.74) is 14.0. The molecule has 3 rings (SSSR count). The van der Waals surface area contributed by atoms with Gasteiger partial charge >= 0.3 is 0 Å². The molecule has 0 saturated carbocycles. The highest BCUT2D eigenvalue weighted by atomic mass is 35.5. The van der Waals surface area contributed by atoms with Gasteiger partial charge in [-0.3, -0.25) is 10.8 Å². The van der Waals surface area contributed by atoms with Gasteiger partial charge in [-0.05, 0) is 42.8 Å². The maximum absolute atomic E-state index is 8.03. The number of nitrogens with two attached hydrogens (primary N) is 2. The Hall–Kier alpha value is -3.22. The van der Waals surface area contributed by atoms with Crippen LogP contribution in [-0.4, -0.2) is 11.7 Å². The van der Waals surface area contributed by atoms with E-state index in [0.717, 1.165) is 11.1 Å². The zero-order chi connectivity index (χ0) is 20.8. The van der Waals surface area contributed by atoms with Gasteiger partial charge in [0, 0.05) is 11.1 Å². The number of halogens is 2. The van der Waals surface area contributed by atoms with Crippen LogP contribution < -0.4 is 20.9 Å². The zero-order valence-corrected chi connectivity index (χ0v) is 18.6. The normalized spacial score (nSPS) is 11.8. The fourth-order valence-corrected chi connectivity index (χ4v) is 2.98. The molecule has 0 fully saturated rings. The summed E-state index contributed by atoms with van der Waals surface area (Å²) >= 11 is 0. The Labute approximate surface area is 194 Å². The molecule has 0 aliphatic carbocycles. The number of para-hydroxylation sites is 2. The zero-order valence-electron chi connectivity index (χ0n) is 16.9. The molecule has 6 N–H and O–H groups in total. The van der Waals surface area contributed by atoms with Crippen molar-refractivity contribution in [2.24, 2.45) is 11.5 Å². The molecule has 31 heavy (non-hydrogen) atoms. The number of nitrogens with one attached hydrogen (secondary N) is 2. The largest absolute Gasteiger partial charge is 0.478 e. The molecule has 2 atom stereocenters. The van der Waals surface area contributed by atoms with Crippen LogP contribution in [0.1, 0.15) is 28.9 Å². The molecular weight excluding hydrogens is 435 g/mol. The molecule has 164 valence electrons. The van der Waals surface area contributed by atoms with E-state index in [1.54, 1.807) is 0 Å². The summed E-state index contributed by atoms with van der Waals surface area (Å²) in [5, 5.41) is 16.0. The second-order valence-corrected chi connectivity index (χ2v) is 6.65. The monoisotopic (exact) mass is 460 g/mol. The van der Waals surface area contributed by atoms with E-state index >= 15 is 0 Å². The van der Waals surface area contributed by atoms with E-state index in [1.165, 1.54) is 0 Å². The highest BCUT2D eigenvalue weighted by Gasteiger charge is 2.23. The van der Waals surface area contributed by atoms with Crippen LogP contribution in [0.25, 0.3) is 0 Å². The Balaban J connectivity index is 0.00000240. The minimum Gasteiger partial charge on any atom is -0.478 e. The number of hydrogen-bond acceptors (Lipinski definition) is 4. The first-order chi connectivity index (χ1) is 14.0. The Morgan fingerprint density at radius 2 is 1.16 bits per heavy atom. The molecule has 0 radical (unpaired) electrons. The molecule has 8 heteroatoms. The van der Waals surface area contributed by atoms with Crippen molar-refractivity contribution in [3.05, 3.63) is 95.6 Å². The Kier molecular flexibility index (Phi) is 9.86. The summed E-state index contributed by atoms with van der Waals surface area (Å²) in [6, 6.07) is 24.0. The average molecular weight is 461 g/mol. The number of aryl methyl sites for hydroxylation is 1. The quantitative estimate of drug-likeness (QED) is 0.280. The van der Waals surface area contributed by atoms with E-state index in [9.17, 15) is 0 Å². The van der Waals surface area contributed by atoms with Crippen LogP contribution in [0, 0.1) is 17.7 Å². The van der Waals surface area contributed by atoms with E-state index < -0.39 is 12.2 Å². The van der Waals surface area contributed by atoms with Crippen LogP contribution in [0.15, 0.2) is 78.9 Å². The predicted molar refractivity (Wildman–Crippen MR) is 129 cm³/mol. The minimum atomic E-state index is -0.763. The molecular formula is C23H26Cl2N4O2. The number of amidine groups is 2. The van der Waals surface area contributed by atoms with Gasteiger partial charge in [0.1, 0.15) is 23.2 Å². The van der Waals surface area contributed by atoms with Crippen molar-refractivity contribution < 1.29 is 9.47 Å². The van der Waals surface area contributed by atoms with Gasteiger partial charge in [0.15, 0.2) is 12.2 Å². The van der Waals surface area contributed by atoms with Crippen molar-refractivity contribution in [2.75, 3.05) is 0 Å². The summed E-state index contributed by atoms with van der Waals surface area (Å²) in [6.45, 7) is 1.92. The molecule has 0 spiro atoms. The van der Waals surface area contributed by atoms with Crippen LogP contribution in [0.3, 0.4) is 0 Å². The van der Waals surface area contributed by atoms with Crippen molar-refractivity contribution >= 4 is 36.5 Å². The molecule has 0 aliphatic rings. The highest BCUT2D eigenvalue weighted by Crippen LogP contribution is 2.29. The van der Waals surface area contributed by atoms with Crippen LogP contribution in [0.4, 0.5) is 0 Å². The molecule has 3 aromatic carbocycles. The van der Waals surface area contributed by atoms with E-state index in [1.807, 2.05) is 85.8 Å². The minimum absolute atomic E-state index is 0. The SMILES string of the molecule is Cc1ccc(C(Oc2ccccc2)C(=N)N)cc1C(Oc1ccccc1)C(=N)N.Cl.Cl. The lowest BCUT2D eigenvalue weighted by Crippen LogP contribution is -2.28. The molecule has 2 unspecified atom stereocenters. The first kappa shape index (κ1) is 25.8. The number of hydrogen-bond donors (Lipinski definition) is 4. The van der Waals surface area contributed by atoms with Gasteiger partial charge in [0.2, 0.25) is 0 Å². The van der Waals surface area contributed by atoms with Crippen molar-refractivity contribution in [3.8, 4) is 11.5 Å². The lowest BCUT2D eigenvalue weighted by molar-refractivity contribution is 0.264. The van der Waals surface area contributed by atoms with Crippen LogP contribution in [0.5, 0.6) is 11.5 Å². The first-order valence-electron chi connectivity index (χ1n) is 9.17. The summed E-state index contributed by atoms with van der Waals surface area (Å²) < 4.78 is 11.9. The topological polar surface area (TPSA) is 118 Å². The molecule has 0 amide bonds. The Morgan fingerprint density at radius 1 is 0.710 bits per heavy atom. The summed E-state index contributed by atoms with van der Waals surface area (Å²) in [7, 11) is 0. The van der Waals surface area contributed by atoms with E-state index in [0.29, 0.717) is 17.1 Å². The lowest BCUT2D eigenvalue weighted by atomic mass is 9.96. The fraction of sp³-hybridized carbons (Fsp3) is 0.130. The molecule has 0 aromatic heterocycles. The smallest absolute Gasteiger partial charge is 0.180 e. The van der Waals surface area contributed by atoms with E-state index in [-0.39, 0.29) is 36.5 Å². The number of benzene rings is 3. The maximum Gasteiger partial charge on any atom is 0.180 e. The van der Waals surface area contributed by atoms with Crippen molar-refractivity contribution in [1.82, 2.24) is 0 Å². The number of rotatable bonds is 8. The van der Waals surface area contributed by atoms with Gasteiger partial charge in [-0.2, -0.15) is 0 Å². The van der Waals surface area contributed by atoms with Crippen molar-refractivity contribution in [3.63, 3.8) is 0 Å². The molecule has 0 bridgehead atoms. The summed E-state index contributed by atoms with van der Waals surface area (Å²) in [6.07, 6.45) is -1.53. The van der Waals surface area contributed by atoms with Crippen LogP contribution >= 0.6 is 24.8 Å². The Morgan fingerprint density at radius 3 is 1.61 bits per heavy atom. The van der Waals surface area contributed by atoms with Gasteiger partial charge < -0.3 is 20.9 Å². The van der Waals surface area contributed by atoms with E-state index in [2.05, 4.69) is 0 Å². The molecule has 0 saturated heterocycles. The van der Waals surface area contributed by atoms with Gasteiger partial charge in [-0.1, -0.05) is 48.5 Å². The second kappa shape index (κ2) is 11.8. The van der Waals surface area contributed by atoms with Crippen molar-refractivity contribution in [2.45, 2.75) is 19.1 Å². The molecule has 0 heterocycles. The molecule has 6 nitrogen and oxygen atoms in total. The van der Waals surface area contributed by atoms with Gasteiger partial charge in [0.25, 0.3) is 0 Å². The van der Waals surface area contributed by atoms with Crippen molar-refractivity contribution in [1.29, 1.82) is 10.8 Å². The third-order valence-electron chi connectivity index (χ3n) is 4.45. The lowest BCUT2D eigenvalue weighted by Gasteiger charge is -2.23. The average Bonchev–Trinajstić information content (AvgIpc) is 2.72. The third-order valence-corrected chi connectivity index (χ3v) is 4.45. The number of ether oxygens (including phenoxy) is 2.